The number of carbonyl (C=O) groups excluding carboxylic acids is 1. The summed E-state index contributed by atoms with van der Waals surface area (Å²) in [6, 6.07) is 0. The number of carboxylic acids is 1. The number of hydrogen-bond donors (Lipinski definition) is 1. The van der Waals surface area contributed by atoms with Crippen LogP contribution in [0.25, 0.3) is 0 Å². The molecule has 0 bridgehead atoms. The Balaban J connectivity index is 4.69. The maximum atomic E-state index is 11.9. The molecule has 18 heavy (non-hydrogen) atoms. The summed E-state index contributed by atoms with van der Waals surface area (Å²) >= 11 is 0. The van der Waals surface area contributed by atoms with E-state index < -0.39 is 32.2 Å². The van der Waals surface area contributed by atoms with Crippen molar-refractivity contribution in [2.75, 3.05) is 18.8 Å². The number of carbonyl (C=O) groups is 2. The molecule has 6 nitrogen and oxygen atoms in total. The van der Waals surface area contributed by atoms with Crippen molar-refractivity contribution in [3.63, 3.8) is 0 Å². The van der Waals surface area contributed by atoms with E-state index in [1.807, 2.05) is 0 Å². The molecule has 0 heterocycles. The minimum Gasteiger partial charge on any atom is -0.481 e. The van der Waals surface area contributed by atoms with Gasteiger partial charge in [0, 0.05) is 13.1 Å². The van der Waals surface area contributed by atoms with Crippen LogP contribution in [0.3, 0.4) is 0 Å². The Morgan fingerprint density at radius 2 is 1.72 bits per heavy atom. The minimum atomic E-state index is -3.53. The van der Waals surface area contributed by atoms with Gasteiger partial charge >= 0.3 is 5.97 Å². The van der Waals surface area contributed by atoms with Gasteiger partial charge in [-0.1, -0.05) is 0 Å². The fourth-order valence-corrected chi connectivity index (χ4v) is 2.10. The van der Waals surface area contributed by atoms with E-state index in [2.05, 4.69) is 0 Å². The van der Waals surface area contributed by atoms with E-state index in [-0.39, 0.29) is 13.0 Å². The summed E-state index contributed by atoms with van der Waals surface area (Å²) in [6.07, 6.45) is -0.185. The van der Waals surface area contributed by atoms with E-state index in [0.717, 1.165) is 0 Å². The second-order valence-electron chi connectivity index (χ2n) is 4.99. The molecule has 0 aliphatic carbocycles. The van der Waals surface area contributed by atoms with Gasteiger partial charge < -0.3 is 10.0 Å². The Hall–Kier alpha value is -1.11. The van der Waals surface area contributed by atoms with Crippen molar-refractivity contribution < 1.29 is 23.1 Å². The molecule has 7 heteroatoms. The van der Waals surface area contributed by atoms with Gasteiger partial charge in [-0.2, -0.15) is 0 Å². The molecule has 0 fully saturated rings. The van der Waals surface area contributed by atoms with Crippen LogP contribution in [0.5, 0.6) is 0 Å². The number of sulfone groups is 1. The van der Waals surface area contributed by atoms with Gasteiger partial charge in [0.25, 0.3) is 0 Å². The van der Waals surface area contributed by atoms with Gasteiger partial charge in [0.05, 0.1) is 11.2 Å². The van der Waals surface area contributed by atoms with Crippen LogP contribution in [-0.2, 0) is 19.4 Å². The molecule has 0 atom stereocenters. The SMILES string of the molecule is CCN(CCC(=O)O)C(=O)CS(=O)(=O)C(C)(C)C. The fourth-order valence-electron chi connectivity index (χ4n) is 1.16. The average Bonchev–Trinajstić information content (AvgIpc) is 2.15. The molecule has 0 aliphatic heterocycles. The number of nitrogens with zero attached hydrogens (tertiary/aromatic N) is 1. The number of hydrogen-bond acceptors (Lipinski definition) is 4. The summed E-state index contributed by atoms with van der Waals surface area (Å²) in [6.45, 7) is 6.61. The number of amides is 1. The summed E-state index contributed by atoms with van der Waals surface area (Å²) in [5.74, 6) is -2.14. The van der Waals surface area contributed by atoms with Crippen LogP contribution in [0.1, 0.15) is 34.1 Å². The van der Waals surface area contributed by atoms with Crippen LogP contribution in [0.15, 0.2) is 0 Å². The normalized spacial score (nSPS) is 12.2. The van der Waals surface area contributed by atoms with Crippen LogP contribution in [0.2, 0.25) is 0 Å². The monoisotopic (exact) mass is 279 g/mol. The standard InChI is InChI=1S/C11H21NO5S/c1-5-12(7-6-10(14)15)9(13)8-18(16,17)11(2,3)4/h5-8H2,1-4H3,(H,14,15). The van der Waals surface area contributed by atoms with Gasteiger partial charge in [0.15, 0.2) is 9.84 Å². The first-order valence-corrected chi connectivity index (χ1v) is 7.38. The zero-order valence-corrected chi connectivity index (χ0v) is 12.1. The maximum absolute atomic E-state index is 11.9. The highest BCUT2D eigenvalue weighted by Gasteiger charge is 2.32. The van der Waals surface area contributed by atoms with E-state index >= 15 is 0 Å². The molecular weight excluding hydrogens is 258 g/mol. The molecule has 0 unspecified atom stereocenters. The van der Waals surface area contributed by atoms with Crippen LogP contribution in [-0.4, -0.2) is 53.9 Å². The molecule has 0 aromatic carbocycles. The molecule has 0 aromatic rings. The Kier molecular flexibility index (Phi) is 5.79. The van der Waals surface area contributed by atoms with E-state index in [0.29, 0.717) is 6.54 Å². The molecule has 0 saturated heterocycles. The smallest absolute Gasteiger partial charge is 0.305 e. The van der Waals surface area contributed by atoms with Gasteiger partial charge in [-0.15, -0.1) is 0 Å². The Bertz CT molecular complexity index is 408. The molecule has 0 spiro atoms. The Morgan fingerprint density at radius 3 is 2.06 bits per heavy atom. The summed E-state index contributed by atoms with van der Waals surface area (Å²) in [4.78, 5) is 23.5. The second kappa shape index (κ2) is 6.17. The van der Waals surface area contributed by atoms with Gasteiger partial charge in [0.2, 0.25) is 5.91 Å². The molecular formula is C11H21NO5S. The van der Waals surface area contributed by atoms with Crippen molar-refractivity contribution in [3.8, 4) is 0 Å². The first kappa shape index (κ1) is 16.9. The Labute approximate surface area is 108 Å². The minimum absolute atomic E-state index is 0.0321. The highest BCUT2D eigenvalue weighted by Crippen LogP contribution is 2.16. The molecule has 0 radical (unpaired) electrons. The average molecular weight is 279 g/mol. The lowest BCUT2D eigenvalue weighted by atomic mass is 10.3. The maximum Gasteiger partial charge on any atom is 0.305 e. The van der Waals surface area contributed by atoms with E-state index in [4.69, 9.17) is 5.11 Å². The first-order valence-electron chi connectivity index (χ1n) is 5.73. The quantitative estimate of drug-likeness (QED) is 0.765. The zero-order valence-electron chi connectivity index (χ0n) is 11.3. The summed E-state index contributed by atoms with van der Waals surface area (Å²) < 4.78 is 22.7. The molecule has 0 aliphatic rings. The third-order valence-electron chi connectivity index (χ3n) is 2.58. The summed E-state index contributed by atoms with van der Waals surface area (Å²) in [5.41, 5.74) is 0. The highest BCUT2D eigenvalue weighted by atomic mass is 32.2. The Morgan fingerprint density at radius 1 is 1.22 bits per heavy atom. The van der Waals surface area contributed by atoms with Crippen LogP contribution < -0.4 is 0 Å². The van der Waals surface area contributed by atoms with Crippen molar-refractivity contribution in [1.82, 2.24) is 4.90 Å². The van der Waals surface area contributed by atoms with Crippen molar-refractivity contribution in [3.05, 3.63) is 0 Å². The highest BCUT2D eigenvalue weighted by molar-refractivity contribution is 7.93. The molecule has 0 rings (SSSR count). The largest absolute Gasteiger partial charge is 0.481 e. The first-order chi connectivity index (χ1) is 8.01. The molecule has 1 amide bonds. The van der Waals surface area contributed by atoms with Crippen LogP contribution in [0.4, 0.5) is 0 Å². The topological polar surface area (TPSA) is 91.8 Å². The zero-order chi connectivity index (χ0) is 14.6. The van der Waals surface area contributed by atoms with Gasteiger partial charge in [-0.3, -0.25) is 9.59 Å². The van der Waals surface area contributed by atoms with Crippen molar-refractivity contribution in [1.29, 1.82) is 0 Å². The van der Waals surface area contributed by atoms with Crippen molar-refractivity contribution in [2.45, 2.75) is 38.9 Å². The summed E-state index contributed by atoms with van der Waals surface area (Å²) in [7, 11) is -3.53. The number of aliphatic carboxylic acids is 1. The predicted molar refractivity (Wildman–Crippen MR) is 68.0 cm³/mol. The van der Waals surface area contributed by atoms with Gasteiger partial charge in [-0.25, -0.2) is 8.42 Å². The molecule has 0 aromatic heterocycles. The second-order valence-corrected chi connectivity index (χ2v) is 7.73. The van der Waals surface area contributed by atoms with E-state index in [9.17, 15) is 18.0 Å². The number of rotatable bonds is 6. The lowest BCUT2D eigenvalue weighted by Crippen LogP contribution is -2.41. The third kappa shape index (κ3) is 5.03. The fraction of sp³-hybridized carbons (Fsp3) is 0.818. The molecule has 1 N–H and O–H groups in total. The van der Waals surface area contributed by atoms with Crippen molar-refractivity contribution >= 4 is 21.7 Å². The molecule has 0 saturated carbocycles. The van der Waals surface area contributed by atoms with E-state index in [1.54, 1.807) is 6.92 Å². The van der Waals surface area contributed by atoms with Crippen LogP contribution in [0, 0.1) is 0 Å². The lowest BCUT2D eigenvalue weighted by molar-refractivity contribution is -0.138. The van der Waals surface area contributed by atoms with E-state index in [1.165, 1.54) is 25.7 Å². The lowest BCUT2D eigenvalue weighted by Gasteiger charge is -2.23. The summed E-state index contributed by atoms with van der Waals surface area (Å²) in [5, 5.41) is 8.55. The third-order valence-corrected chi connectivity index (χ3v) is 5.07. The van der Waals surface area contributed by atoms with Gasteiger partial charge in [0.1, 0.15) is 5.75 Å². The van der Waals surface area contributed by atoms with Crippen LogP contribution >= 0.6 is 0 Å². The van der Waals surface area contributed by atoms with Crippen molar-refractivity contribution in [2.24, 2.45) is 0 Å². The number of carboxylic acid groups (broad SMARTS) is 1. The molecule has 106 valence electrons. The van der Waals surface area contributed by atoms with Gasteiger partial charge in [-0.05, 0) is 27.7 Å². The predicted octanol–water partition coefficient (Wildman–Crippen LogP) is 0.523.